The van der Waals surface area contributed by atoms with Gasteiger partial charge >= 0.3 is 0 Å². The van der Waals surface area contributed by atoms with Gasteiger partial charge < -0.3 is 5.32 Å². The predicted molar refractivity (Wildman–Crippen MR) is 55.9 cm³/mol. The highest BCUT2D eigenvalue weighted by atomic mass is 19.1. The molecule has 1 heterocycles. The summed E-state index contributed by atoms with van der Waals surface area (Å²) in [5.74, 6) is -1.67. The molecule has 2 unspecified atom stereocenters. The summed E-state index contributed by atoms with van der Waals surface area (Å²) in [5, 5.41) is 2.73. The third-order valence-electron chi connectivity index (χ3n) is 3.05. The summed E-state index contributed by atoms with van der Waals surface area (Å²) < 4.78 is 27.1. The van der Waals surface area contributed by atoms with Crippen LogP contribution in [0.3, 0.4) is 0 Å². The van der Waals surface area contributed by atoms with Gasteiger partial charge in [0.05, 0.1) is 0 Å². The molecule has 86 valence electrons. The van der Waals surface area contributed by atoms with Crippen molar-refractivity contribution in [1.82, 2.24) is 5.32 Å². The molecule has 2 nitrogen and oxygen atoms in total. The van der Waals surface area contributed by atoms with Crippen molar-refractivity contribution in [3.05, 3.63) is 35.4 Å². The molecule has 0 radical (unpaired) electrons. The Labute approximate surface area is 92.7 Å². The lowest BCUT2D eigenvalue weighted by Gasteiger charge is -2.18. The van der Waals surface area contributed by atoms with Crippen LogP contribution in [0.2, 0.25) is 0 Å². The molecule has 1 amide bonds. The molecule has 1 aliphatic rings. The zero-order chi connectivity index (χ0) is 11.7. The van der Waals surface area contributed by atoms with Crippen molar-refractivity contribution in [2.45, 2.75) is 31.7 Å². The Morgan fingerprint density at radius 1 is 1.38 bits per heavy atom. The van der Waals surface area contributed by atoms with Gasteiger partial charge in [0.2, 0.25) is 5.91 Å². The molecule has 0 aliphatic carbocycles. The molecule has 1 N–H and O–H groups in total. The average Bonchev–Trinajstić information content (AvgIpc) is 2.59. The maximum Gasteiger partial charge on any atom is 0.220 e. The average molecular weight is 225 g/mol. The zero-order valence-electron chi connectivity index (χ0n) is 8.97. The molecular weight excluding hydrogens is 212 g/mol. The number of amides is 1. The van der Waals surface area contributed by atoms with Crippen LogP contribution in [0.5, 0.6) is 0 Å². The van der Waals surface area contributed by atoms with Crippen molar-refractivity contribution in [2.75, 3.05) is 0 Å². The minimum atomic E-state index is -0.569. The fourth-order valence-corrected chi connectivity index (χ4v) is 2.26. The van der Waals surface area contributed by atoms with Crippen molar-refractivity contribution in [1.29, 1.82) is 0 Å². The molecule has 2 rings (SSSR count). The molecule has 0 saturated carbocycles. The minimum Gasteiger partial charge on any atom is -0.353 e. The van der Waals surface area contributed by atoms with Gasteiger partial charge in [-0.2, -0.15) is 0 Å². The lowest BCUT2D eigenvalue weighted by atomic mass is 9.90. The molecule has 1 aromatic carbocycles. The summed E-state index contributed by atoms with van der Waals surface area (Å²) in [7, 11) is 0. The Kier molecular flexibility index (Phi) is 2.90. The van der Waals surface area contributed by atoms with E-state index in [1.807, 2.05) is 6.92 Å². The van der Waals surface area contributed by atoms with Crippen LogP contribution < -0.4 is 5.32 Å². The molecule has 1 aliphatic heterocycles. The number of halogens is 2. The maximum atomic E-state index is 13.6. The van der Waals surface area contributed by atoms with Crippen LogP contribution in [0, 0.1) is 11.6 Å². The second kappa shape index (κ2) is 4.20. The number of carbonyl (C=O) groups is 1. The fraction of sp³-hybridized carbons (Fsp3) is 0.417. The van der Waals surface area contributed by atoms with Crippen molar-refractivity contribution >= 4 is 5.91 Å². The summed E-state index contributed by atoms with van der Waals surface area (Å²) in [6.07, 6.45) is 0.834. The second-order valence-electron chi connectivity index (χ2n) is 4.03. The van der Waals surface area contributed by atoms with Gasteiger partial charge in [-0.1, -0.05) is 13.0 Å². The van der Waals surface area contributed by atoms with Gasteiger partial charge in [-0.15, -0.1) is 0 Å². The van der Waals surface area contributed by atoms with Gasteiger partial charge in [0.1, 0.15) is 11.6 Å². The molecule has 0 spiro atoms. The highest BCUT2D eigenvalue weighted by Gasteiger charge is 2.35. The van der Waals surface area contributed by atoms with Crippen LogP contribution in [0.25, 0.3) is 0 Å². The lowest BCUT2D eigenvalue weighted by Crippen LogP contribution is -2.27. The monoisotopic (exact) mass is 225 g/mol. The lowest BCUT2D eigenvalue weighted by molar-refractivity contribution is -0.119. The summed E-state index contributed by atoms with van der Waals surface area (Å²) in [6.45, 7) is 1.89. The van der Waals surface area contributed by atoms with Gasteiger partial charge in [-0.25, -0.2) is 8.78 Å². The Hall–Kier alpha value is -1.45. The van der Waals surface area contributed by atoms with Crippen molar-refractivity contribution in [3.8, 4) is 0 Å². The maximum absolute atomic E-state index is 13.6. The summed E-state index contributed by atoms with van der Waals surface area (Å²) >= 11 is 0. The van der Waals surface area contributed by atoms with Crippen LogP contribution >= 0.6 is 0 Å². The van der Waals surface area contributed by atoms with E-state index in [-0.39, 0.29) is 23.9 Å². The number of rotatable bonds is 2. The summed E-state index contributed by atoms with van der Waals surface area (Å²) in [4.78, 5) is 11.3. The van der Waals surface area contributed by atoms with Crippen LogP contribution in [0.15, 0.2) is 18.2 Å². The highest BCUT2D eigenvalue weighted by Crippen LogP contribution is 2.33. The molecular formula is C12H13F2NO. The van der Waals surface area contributed by atoms with Crippen LogP contribution in [-0.4, -0.2) is 11.9 Å². The quantitative estimate of drug-likeness (QED) is 0.822. The molecule has 0 aromatic heterocycles. The molecule has 0 bridgehead atoms. The normalized spacial score (nSPS) is 24.6. The summed E-state index contributed by atoms with van der Waals surface area (Å²) in [6, 6.07) is 3.63. The molecule has 1 fully saturated rings. The van der Waals surface area contributed by atoms with E-state index in [9.17, 15) is 13.6 Å². The van der Waals surface area contributed by atoms with Gasteiger partial charge in [0.15, 0.2) is 0 Å². The van der Waals surface area contributed by atoms with Crippen molar-refractivity contribution in [3.63, 3.8) is 0 Å². The number of carbonyl (C=O) groups excluding carboxylic acids is 1. The number of nitrogens with one attached hydrogen (secondary N) is 1. The van der Waals surface area contributed by atoms with Gasteiger partial charge in [0, 0.05) is 23.9 Å². The van der Waals surface area contributed by atoms with E-state index in [1.165, 1.54) is 18.2 Å². The first-order chi connectivity index (χ1) is 7.63. The number of hydrogen-bond donors (Lipinski definition) is 1. The van der Waals surface area contributed by atoms with Crippen LogP contribution in [-0.2, 0) is 4.79 Å². The molecule has 1 aromatic rings. The summed E-state index contributed by atoms with van der Waals surface area (Å²) in [5.41, 5.74) is 0.0349. The Morgan fingerprint density at radius 2 is 2.00 bits per heavy atom. The van der Waals surface area contributed by atoms with E-state index in [1.54, 1.807) is 0 Å². The molecule has 2 atom stereocenters. The minimum absolute atomic E-state index is 0.0349. The number of benzene rings is 1. The predicted octanol–water partition coefficient (Wildman–Crippen LogP) is 2.35. The highest BCUT2D eigenvalue weighted by molar-refractivity contribution is 5.80. The fourth-order valence-electron chi connectivity index (χ4n) is 2.26. The second-order valence-corrected chi connectivity index (χ2v) is 4.03. The first-order valence-corrected chi connectivity index (χ1v) is 5.36. The molecule has 1 saturated heterocycles. The van der Waals surface area contributed by atoms with E-state index in [0.717, 1.165) is 0 Å². The third kappa shape index (κ3) is 1.79. The van der Waals surface area contributed by atoms with Crippen molar-refractivity contribution in [2.24, 2.45) is 0 Å². The first kappa shape index (κ1) is 11.0. The van der Waals surface area contributed by atoms with E-state index in [2.05, 4.69) is 5.32 Å². The third-order valence-corrected chi connectivity index (χ3v) is 3.05. The topological polar surface area (TPSA) is 29.1 Å². The van der Waals surface area contributed by atoms with E-state index >= 15 is 0 Å². The van der Waals surface area contributed by atoms with Crippen LogP contribution in [0.4, 0.5) is 8.78 Å². The van der Waals surface area contributed by atoms with Crippen LogP contribution in [0.1, 0.15) is 31.2 Å². The van der Waals surface area contributed by atoms with Gasteiger partial charge in [-0.05, 0) is 18.6 Å². The SMILES string of the molecule is CCC1NC(=O)CC1c1c(F)cccc1F. The Morgan fingerprint density at radius 3 is 2.56 bits per heavy atom. The standard InChI is InChI=1S/C12H13F2NO/c1-2-10-7(6-11(16)15-10)12-8(13)4-3-5-9(12)14/h3-5,7,10H,2,6H2,1H3,(H,15,16). The Balaban J connectivity index is 2.40. The largest absolute Gasteiger partial charge is 0.353 e. The number of hydrogen-bond acceptors (Lipinski definition) is 1. The molecule has 4 heteroatoms. The Bertz CT molecular complexity index is 399. The van der Waals surface area contributed by atoms with Gasteiger partial charge in [0.25, 0.3) is 0 Å². The molecule has 16 heavy (non-hydrogen) atoms. The van der Waals surface area contributed by atoms with E-state index in [4.69, 9.17) is 0 Å². The van der Waals surface area contributed by atoms with Gasteiger partial charge in [-0.3, -0.25) is 4.79 Å². The first-order valence-electron chi connectivity index (χ1n) is 5.36. The van der Waals surface area contributed by atoms with Crippen molar-refractivity contribution < 1.29 is 13.6 Å². The zero-order valence-corrected chi connectivity index (χ0v) is 8.97. The smallest absolute Gasteiger partial charge is 0.220 e. The van der Waals surface area contributed by atoms with E-state index < -0.39 is 17.6 Å². The van der Waals surface area contributed by atoms with E-state index in [0.29, 0.717) is 6.42 Å².